The van der Waals surface area contributed by atoms with Crippen LogP contribution in [0.1, 0.15) is 12.7 Å². The van der Waals surface area contributed by atoms with E-state index in [1.807, 2.05) is 54.8 Å². The van der Waals surface area contributed by atoms with Crippen LogP contribution in [-0.4, -0.2) is 12.6 Å². The molecule has 24 heavy (non-hydrogen) atoms. The van der Waals surface area contributed by atoms with Gasteiger partial charge in [0.15, 0.2) is 0 Å². The van der Waals surface area contributed by atoms with Crippen molar-refractivity contribution in [3.63, 3.8) is 0 Å². The summed E-state index contributed by atoms with van der Waals surface area (Å²) in [4.78, 5) is 13.1. The molecule has 2 aromatic heterocycles. The van der Waals surface area contributed by atoms with E-state index < -0.39 is 0 Å². The first-order chi connectivity index (χ1) is 11.8. The standard InChI is InChI=1S/C18H18N2O3S/c1-2-22-15-7-4-3-6-14(15)20-18(21)19-12-13-9-10-16(23-13)17-8-5-11-24-17/h3-11H,2,12H2,1H3,(H2,19,20,21). The summed E-state index contributed by atoms with van der Waals surface area (Å²) in [6.07, 6.45) is 0. The Morgan fingerprint density at radius 3 is 2.83 bits per heavy atom. The molecule has 0 atom stereocenters. The molecular formula is C18H18N2O3S. The second kappa shape index (κ2) is 7.70. The molecule has 0 saturated carbocycles. The van der Waals surface area contributed by atoms with Gasteiger partial charge in [-0.1, -0.05) is 18.2 Å². The maximum Gasteiger partial charge on any atom is 0.319 e. The summed E-state index contributed by atoms with van der Waals surface area (Å²) in [7, 11) is 0. The molecule has 0 aliphatic carbocycles. The fourth-order valence-corrected chi connectivity index (χ4v) is 2.90. The number of benzene rings is 1. The molecule has 0 aliphatic rings. The molecule has 0 bridgehead atoms. The van der Waals surface area contributed by atoms with Crippen molar-refractivity contribution >= 4 is 23.1 Å². The van der Waals surface area contributed by atoms with Gasteiger partial charge in [-0.15, -0.1) is 11.3 Å². The third-order valence-corrected chi connectivity index (χ3v) is 4.17. The zero-order valence-electron chi connectivity index (χ0n) is 13.2. The Labute approximate surface area is 144 Å². The van der Waals surface area contributed by atoms with Crippen LogP contribution in [0.15, 0.2) is 58.3 Å². The number of carbonyl (C=O) groups is 1. The van der Waals surface area contributed by atoms with Gasteiger partial charge in [0.05, 0.1) is 23.7 Å². The van der Waals surface area contributed by atoms with Crippen LogP contribution in [0.2, 0.25) is 0 Å². The van der Waals surface area contributed by atoms with Gasteiger partial charge in [0.1, 0.15) is 17.3 Å². The zero-order valence-corrected chi connectivity index (χ0v) is 14.1. The van der Waals surface area contributed by atoms with Crippen LogP contribution in [0, 0.1) is 0 Å². The van der Waals surface area contributed by atoms with Crippen LogP contribution in [-0.2, 0) is 6.54 Å². The Morgan fingerprint density at radius 2 is 2.04 bits per heavy atom. The first kappa shape index (κ1) is 16.1. The van der Waals surface area contributed by atoms with Crippen molar-refractivity contribution < 1.29 is 13.9 Å². The average Bonchev–Trinajstić information content (AvgIpc) is 3.26. The molecule has 0 saturated heterocycles. The monoisotopic (exact) mass is 342 g/mol. The number of nitrogens with one attached hydrogen (secondary N) is 2. The molecule has 2 amide bonds. The van der Waals surface area contributed by atoms with Crippen molar-refractivity contribution in [2.75, 3.05) is 11.9 Å². The van der Waals surface area contributed by atoms with E-state index in [1.54, 1.807) is 17.4 Å². The first-order valence-electron chi connectivity index (χ1n) is 7.65. The highest BCUT2D eigenvalue weighted by Crippen LogP contribution is 2.26. The molecular weight excluding hydrogens is 324 g/mol. The third kappa shape index (κ3) is 3.97. The lowest BCUT2D eigenvalue weighted by molar-refractivity contribution is 0.250. The number of para-hydroxylation sites is 2. The maximum atomic E-state index is 12.1. The van der Waals surface area contributed by atoms with E-state index in [4.69, 9.17) is 9.15 Å². The number of ether oxygens (including phenoxy) is 1. The summed E-state index contributed by atoms with van der Waals surface area (Å²) in [5.74, 6) is 2.16. The van der Waals surface area contributed by atoms with Gasteiger partial charge in [0, 0.05) is 0 Å². The second-order valence-corrected chi connectivity index (χ2v) is 5.93. The predicted octanol–water partition coefficient (Wildman–Crippen LogP) is 4.73. The van der Waals surface area contributed by atoms with E-state index in [2.05, 4.69) is 10.6 Å². The molecule has 3 rings (SSSR count). The number of anilines is 1. The smallest absolute Gasteiger partial charge is 0.319 e. The molecule has 0 fully saturated rings. The molecule has 0 spiro atoms. The van der Waals surface area contributed by atoms with Gasteiger partial charge in [0.2, 0.25) is 0 Å². The Hall–Kier alpha value is -2.73. The summed E-state index contributed by atoms with van der Waals surface area (Å²) in [5, 5.41) is 7.56. The highest BCUT2D eigenvalue weighted by molar-refractivity contribution is 7.13. The highest BCUT2D eigenvalue weighted by atomic mass is 32.1. The van der Waals surface area contributed by atoms with Gasteiger partial charge in [-0.25, -0.2) is 4.79 Å². The molecule has 2 heterocycles. The van der Waals surface area contributed by atoms with Crippen molar-refractivity contribution in [2.24, 2.45) is 0 Å². The Bertz CT molecular complexity index is 796. The fourth-order valence-electron chi connectivity index (χ4n) is 2.21. The molecule has 0 unspecified atom stereocenters. The van der Waals surface area contributed by atoms with Crippen molar-refractivity contribution in [1.82, 2.24) is 5.32 Å². The number of carbonyl (C=O) groups excluding carboxylic acids is 1. The second-order valence-electron chi connectivity index (χ2n) is 4.98. The molecule has 0 aliphatic heterocycles. The van der Waals surface area contributed by atoms with Crippen molar-refractivity contribution in [2.45, 2.75) is 13.5 Å². The van der Waals surface area contributed by atoms with Gasteiger partial charge in [0.25, 0.3) is 0 Å². The highest BCUT2D eigenvalue weighted by Gasteiger charge is 2.09. The molecule has 6 heteroatoms. The van der Waals surface area contributed by atoms with E-state index in [9.17, 15) is 4.79 Å². The van der Waals surface area contributed by atoms with Crippen LogP contribution in [0.3, 0.4) is 0 Å². The Morgan fingerprint density at radius 1 is 1.17 bits per heavy atom. The first-order valence-corrected chi connectivity index (χ1v) is 8.53. The van der Waals surface area contributed by atoms with Crippen LogP contribution in [0.25, 0.3) is 10.6 Å². The summed E-state index contributed by atoms with van der Waals surface area (Å²) in [6, 6.07) is 14.8. The number of rotatable bonds is 6. The summed E-state index contributed by atoms with van der Waals surface area (Å²) >= 11 is 1.61. The zero-order chi connectivity index (χ0) is 16.8. The molecule has 3 aromatic rings. The lowest BCUT2D eigenvalue weighted by Gasteiger charge is -2.11. The van der Waals surface area contributed by atoms with E-state index in [0.717, 1.165) is 10.6 Å². The van der Waals surface area contributed by atoms with Gasteiger partial charge in [-0.3, -0.25) is 0 Å². The Balaban J connectivity index is 1.56. The third-order valence-electron chi connectivity index (χ3n) is 3.28. The minimum atomic E-state index is -0.309. The number of urea groups is 1. The topological polar surface area (TPSA) is 63.5 Å². The molecule has 2 N–H and O–H groups in total. The number of thiophene rings is 1. The Kier molecular flexibility index (Phi) is 5.18. The fraction of sp³-hybridized carbons (Fsp3) is 0.167. The predicted molar refractivity (Wildman–Crippen MR) is 95.5 cm³/mol. The lowest BCUT2D eigenvalue weighted by Crippen LogP contribution is -2.28. The minimum Gasteiger partial charge on any atom is -0.492 e. The molecule has 124 valence electrons. The molecule has 0 radical (unpaired) electrons. The number of amides is 2. The number of furan rings is 1. The van der Waals surface area contributed by atoms with Gasteiger partial charge in [-0.05, 0) is 42.6 Å². The van der Waals surface area contributed by atoms with Crippen molar-refractivity contribution in [3.05, 3.63) is 59.7 Å². The maximum absolute atomic E-state index is 12.1. The van der Waals surface area contributed by atoms with Crippen LogP contribution in [0.4, 0.5) is 10.5 Å². The van der Waals surface area contributed by atoms with E-state index in [-0.39, 0.29) is 6.03 Å². The van der Waals surface area contributed by atoms with Gasteiger partial charge >= 0.3 is 6.03 Å². The SMILES string of the molecule is CCOc1ccccc1NC(=O)NCc1ccc(-c2cccs2)o1. The van der Waals surface area contributed by atoms with E-state index in [1.165, 1.54) is 0 Å². The molecule has 5 nitrogen and oxygen atoms in total. The number of hydrogen-bond acceptors (Lipinski definition) is 4. The van der Waals surface area contributed by atoms with Gasteiger partial charge in [-0.2, -0.15) is 0 Å². The quantitative estimate of drug-likeness (QED) is 0.681. The minimum absolute atomic E-state index is 0.309. The summed E-state index contributed by atoms with van der Waals surface area (Å²) in [6.45, 7) is 2.76. The number of hydrogen-bond donors (Lipinski definition) is 2. The van der Waals surface area contributed by atoms with Crippen LogP contribution < -0.4 is 15.4 Å². The summed E-state index contributed by atoms with van der Waals surface area (Å²) < 4.78 is 11.2. The van der Waals surface area contributed by atoms with Gasteiger partial charge < -0.3 is 19.8 Å². The van der Waals surface area contributed by atoms with Crippen molar-refractivity contribution in [1.29, 1.82) is 0 Å². The van der Waals surface area contributed by atoms with E-state index >= 15 is 0 Å². The van der Waals surface area contributed by atoms with Crippen LogP contribution >= 0.6 is 11.3 Å². The van der Waals surface area contributed by atoms with E-state index in [0.29, 0.717) is 30.3 Å². The lowest BCUT2D eigenvalue weighted by atomic mass is 10.3. The normalized spacial score (nSPS) is 10.4. The molecule has 1 aromatic carbocycles. The van der Waals surface area contributed by atoms with Crippen LogP contribution in [0.5, 0.6) is 5.75 Å². The largest absolute Gasteiger partial charge is 0.492 e. The van der Waals surface area contributed by atoms with Crippen molar-refractivity contribution in [3.8, 4) is 16.4 Å². The summed E-state index contributed by atoms with van der Waals surface area (Å²) in [5.41, 5.74) is 0.635. The average molecular weight is 342 g/mol.